The van der Waals surface area contributed by atoms with Crippen LogP contribution in [-0.2, 0) is 14.9 Å². The molecule has 0 unspecified atom stereocenters. The molecule has 1 aromatic carbocycles. The average Bonchev–Trinajstić information content (AvgIpc) is 2.84. The molecule has 0 aromatic heterocycles. The highest BCUT2D eigenvalue weighted by molar-refractivity contribution is 5.88. The van der Waals surface area contributed by atoms with Gasteiger partial charge < -0.3 is 15.0 Å². The minimum Gasteiger partial charge on any atom is -0.381 e. The van der Waals surface area contributed by atoms with E-state index >= 15 is 0 Å². The number of hydrogen-bond acceptors (Lipinski definition) is 3. The largest absolute Gasteiger partial charge is 0.381 e. The van der Waals surface area contributed by atoms with Gasteiger partial charge in [0, 0.05) is 32.8 Å². The summed E-state index contributed by atoms with van der Waals surface area (Å²) in [4.78, 5) is 15.2. The molecule has 0 saturated carbocycles. The van der Waals surface area contributed by atoms with Crippen LogP contribution in [0.15, 0.2) is 24.3 Å². The molecule has 1 N–H and O–H groups in total. The van der Waals surface area contributed by atoms with Crippen molar-refractivity contribution >= 4 is 5.91 Å². The molecule has 5 heteroatoms. The SMILES string of the molecule is O=C(N1CCCNCC1)C1(c2cccc(F)c2)CCOCC1. The van der Waals surface area contributed by atoms with Gasteiger partial charge in [-0.05, 0) is 43.5 Å². The van der Waals surface area contributed by atoms with Gasteiger partial charge in [-0.3, -0.25) is 4.79 Å². The van der Waals surface area contributed by atoms with E-state index in [1.165, 1.54) is 12.1 Å². The van der Waals surface area contributed by atoms with Crippen molar-refractivity contribution in [3.8, 4) is 0 Å². The molecule has 2 heterocycles. The Morgan fingerprint density at radius 2 is 2.05 bits per heavy atom. The number of amides is 1. The van der Waals surface area contributed by atoms with Crippen molar-refractivity contribution in [3.05, 3.63) is 35.6 Å². The van der Waals surface area contributed by atoms with E-state index in [0.29, 0.717) is 26.1 Å². The van der Waals surface area contributed by atoms with Crippen LogP contribution < -0.4 is 5.32 Å². The van der Waals surface area contributed by atoms with Crippen molar-refractivity contribution in [2.45, 2.75) is 24.7 Å². The fourth-order valence-electron chi connectivity index (χ4n) is 3.48. The third-order valence-corrected chi connectivity index (χ3v) is 4.76. The molecule has 2 aliphatic heterocycles. The van der Waals surface area contributed by atoms with E-state index in [-0.39, 0.29) is 11.7 Å². The van der Waals surface area contributed by atoms with Crippen LogP contribution in [0, 0.1) is 5.82 Å². The minimum absolute atomic E-state index is 0.130. The Balaban J connectivity index is 1.92. The Morgan fingerprint density at radius 3 is 2.82 bits per heavy atom. The summed E-state index contributed by atoms with van der Waals surface area (Å²) in [5.41, 5.74) is 0.156. The zero-order chi connectivity index (χ0) is 15.4. The van der Waals surface area contributed by atoms with E-state index in [4.69, 9.17) is 4.74 Å². The molecule has 0 spiro atoms. The van der Waals surface area contributed by atoms with Crippen LogP contribution in [0.3, 0.4) is 0 Å². The van der Waals surface area contributed by atoms with Gasteiger partial charge in [-0.2, -0.15) is 0 Å². The summed E-state index contributed by atoms with van der Waals surface area (Å²) in [5, 5.41) is 3.32. The topological polar surface area (TPSA) is 41.6 Å². The average molecular weight is 306 g/mol. The number of halogens is 1. The molecule has 22 heavy (non-hydrogen) atoms. The van der Waals surface area contributed by atoms with Crippen LogP contribution in [0.25, 0.3) is 0 Å². The van der Waals surface area contributed by atoms with Gasteiger partial charge in [-0.1, -0.05) is 12.1 Å². The number of carbonyl (C=O) groups excluding carboxylic acids is 1. The molecule has 1 aromatic rings. The van der Waals surface area contributed by atoms with E-state index < -0.39 is 5.41 Å². The van der Waals surface area contributed by atoms with E-state index in [9.17, 15) is 9.18 Å². The van der Waals surface area contributed by atoms with Crippen LogP contribution in [0.1, 0.15) is 24.8 Å². The lowest BCUT2D eigenvalue weighted by Crippen LogP contribution is -2.50. The minimum atomic E-state index is -0.634. The lowest BCUT2D eigenvalue weighted by molar-refractivity contribution is -0.141. The van der Waals surface area contributed by atoms with Crippen LogP contribution in [0.5, 0.6) is 0 Å². The molecule has 2 saturated heterocycles. The van der Waals surface area contributed by atoms with Gasteiger partial charge in [0.15, 0.2) is 0 Å². The number of hydrogen-bond donors (Lipinski definition) is 1. The molecular weight excluding hydrogens is 283 g/mol. The van der Waals surface area contributed by atoms with Crippen molar-refractivity contribution in [1.82, 2.24) is 10.2 Å². The fourth-order valence-corrected chi connectivity index (χ4v) is 3.48. The lowest BCUT2D eigenvalue weighted by Gasteiger charge is -2.40. The number of rotatable bonds is 2. The second-order valence-corrected chi connectivity index (χ2v) is 6.10. The Hall–Kier alpha value is -1.46. The summed E-state index contributed by atoms with van der Waals surface area (Å²) in [7, 11) is 0. The van der Waals surface area contributed by atoms with Gasteiger partial charge in [-0.25, -0.2) is 4.39 Å². The van der Waals surface area contributed by atoms with Gasteiger partial charge >= 0.3 is 0 Å². The zero-order valence-corrected chi connectivity index (χ0v) is 12.8. The smallest absolute Gasteiger partial charge is 0.233 e. The third-order valence-electron chi connectivity index (χ3n) is 4.76. The molecule has 0 atom stereocenters. The van der Waals surface area contributed by atoms with Crippen molar-refractivity contribution in [1.29, 1.82) is 0 Å². The standard InChI is InChI=1S/C17H23FN2O2/c18-15-4-1-3-14(13-15)17(5-11-22-12-6-17)16(21)20-9-2-7-19-8-10-20/h1,3-4,13,19H,2,5-12H2. The van der Waals surface area contributed by atoms with Gasteiger partial charge in [0.05, 0.1) is 5.41 Å². The fraction of sp³-hybridized carbons (Fsp3) is 0.588. The van der Waals surface area contributed by atoms with Gasteiger partial charge in [-0.15, -0.1) is 0 Å². The third kappa shape index (κ3) is 3.01. The molecule has 2 aliphatic rings. The van der Waals surface area contributed by atoms with Gasteiger partial charge in [0.1, 0.15) is 5.82 Å². The number of benzene rings is 1. The highest BCUT2D eigenvalue weighted by atomic mass is 19.1. The summed E-state index contributed by atoms with van der Waals surface area (Å²) in [5.74, 6) is -0.154. The quantitative estimate of drug-likeness (QED) is 0.904. The number of nitrogens with one attached hydrogen (secondary N) is 1. The van der Waals surface area contributed by atoms with Crippen LogP contribution in [0.4, 0.5) is 4.39 Å². The first kappa shape index (κ1) is 15.4. The maximum atomic E-state index is 13.7. The molecule has 0 aliphatic carbocycles. The van der Waals surface area contributed by atoms with Gasteiger partial charge in [0.25, 0.3) is 0 Å². The van der Waals surface area contributed by atoms with Crippen molar-refractivity contribution in [2.75, 3.05) is 39.4 Å². The predicted molar refractivity (Wildman–Crippen MR) is 82.2 cm³/mol. The first-order valence-corrected chi connectivity index (χ1v) is 8.06. The zero-order valence-electron chi connectivity index (χ0n) is 12.8. The van der Waals surface area contributed by atoms with E-state index in [1.54, 1.807) is 6.07 Å². The lowest BCUT2D eigenvalue weighted by atomic mass is 9.73. The summed E-state index contributed by atoms with van der Waals surface area (Å²) in [6.07, 6.45) is 2.21. The van der Waals surface area contributed by atoms with Crippen molar-refractivity contribution < 1.29 is 13.9 Å². The second-order valence-electron chi connectivity index (χ2n) is 6.10. The Kier molecular flexibility index (Phi) is 4.74. The molecule has 1 amide bonds. The number of carbonyl (C=O) groups is 1. The van der Waals surface area contributed by atoms with Crippen LogP contribution in [0.2, 0.25) is 0 Å². The molecule has 120 valence electrons. The van der Waals surface area contributed by atoms with Crippen molar-refractivity contribution in [3.63, 3.8) is 0 Å². The molecule has 3 rings (SSSR count). The molecule has 0 bridgehead atoms. The first-order chi connectivity index (χ1) is 10.7. The molecule has 0 radical (unpaired) electrons. The highest BCUT2D eigenvalue weighted by Crippen LogP contribution is 2.37. The Bertz CT molecular complexity index is 521. The summed E-state index contributed by atoms with van der Waals surface area (Å²) >= 11 is 0. The molecule has 4 nitrogen and oxygen atoms in total. The van der Waals surface area contributed by atoms with Crippen molar-refractivity contribution in [2.24, 2.45) is 0 Å². The van der Waals surface area contributed by atoms with E-state index in [0.717, 1.165) is 38.2 Å². The van der Waals surface area contributed by atoms with Gasteiger partial charge in [0.2, 0.25) is 5.91 Å². The highest BCUT2D eigenvalue weighted by Gasteiger charge is 2.44. The van der Waals surface area contributed by atoms with Crippen LogP contribution >= 0.6 is 0 Å². The number of nitrogens with zero attached hydrogens (tertiary/aromatic N) is 1. The first-order valence-electron chi connectivity index (χ1n) is 8.06. The van der Waals surface area contributed by atoms with E-state index in [2.05, 4.69) is 5.32 Å². The molecule has 2 fully saturated rings. The monoisotopic (exact) mass is 306 g/mol. The Labute approximate surface area is 130 Å². The predicted octanol–water partition coefficient (Wildman–Crippen LogP) is 1.70. The second kappa shape index (κ2) is 6.75. The van der Waals surface area contributed by atoms with E-state index in [1.807, 2.05) is 11.0 Å². The summed E-state index contributed by atoms with van der Waals surface area (Å²) in [6, 6.07) is 6.51. The Morgan fingerprint density at radius 1 is 1.23 bits per heavy atom. The maximum Gasteiger partial charge on any atom is 0.233 e. The summed E-state index contributed by atoms with van der Waals surface area (Å²) in [6.45, 7) is 4.35. The molecular formula is C17H23FN2O2. The normalized spacial score (nSPS) is 22.1. The van der Waals surface area contributed by atoms with Crippen LogP contribution in [-0.4, -0.2) is 50.2 Å². The summed E-state index contributed by atoms with van der Waals surface area (Å²) < 4.78 is 19.2. The number of ether oxygens (including phenoxy) is 1. The maximum absolute atomic E-state index is 13.7.